The van der Waals surface area contributed by atoms with E-state index in [-0.39, 0.29) is 11.9 Å². The Bertz CT molecular complexity index is 870. The van der Waals surface area contributed by atoms with Gasteiger partial charge in [-0.05, 0) is 50.6 Å². The number of piperazine rings is 1. The van der Waals surface area contributed by atoms with Gasteiger partial charge in [0.15, 0.2) is 0 Å². The van der Waals surface area contributed by atoms with E-state index in [4.69, 9.17) is 0 Å². The van der Waals surface area contributed by atoms with Gasteiger partial charge in [-0.2, -0.15) is 0 Å². The third kappa shape index (κ3) is 3.43. The van der Waals surface area contributed by atoms with Gasteiger partial charge in [0.05, 0.1) is 17.4 Å². The molecule has 29 heavy (non-hydrogen) atoms. The summed E-state index contributed by atoms with van der Waals surface area (Å²) in [5.74, 6) is 0.233. The molecule has 5 heteroatoms. The van der Waals surface area contributed by atoms with Crippen LogP contribution in [0.1, 0.15) is 19.8 Å². The van der Waals surface area contributed by atoms with Crippen molar-refractivity contribution in [1.82, 2.24) is 9.80 Å². The van der Waals surface area contributed by atoms with E-state index in [0.717, 1.165) is 44.1 Å². The van der Waals surface area contributed by atoms with E-state index in [1.54, 1.807) is 0 Å². The highest BCUT2D eigenvalue weighted by Crippen LogP contribution is 2.38. The van der Waals surface area contributed by atoms with Gasteiger partial charge in [0.1, 0.15) is 0 Å². The largest absolute Gasteiger partial charge is 0.338 e. The van der Waals surface area contributed by atoms with E-state index in [1.165, 1.54) is 25.1 Å². The monoisotopic (exact) mass is 390 g/mol. The lowest BCUT2D eigenvalue weighted by Crippen LogP contribution is -2.57. The molecular formula is C24H30N4O. The van der Waals surface area contributed by atoms with Crippen molar-refractivity contribution >= 4 is 23.0 Å². The Morgan fingerprint density at radius 3 is 2.48 bits per heavy atom. The van der Waals surface area contributed by atoms with Crippen LogP contribution in [0.25, 0.3) is 0 Å². The second-order valence-electron chi connectivity index (χ2n) is 8.47. The summed E-state index contributed by atoms with van der Waals surface area (Å²) in [6.45, 7) is 7.98. The molecule has 0 spiro atoms. The van der Waals surface area contributed by atoms with E-state index in [0.29, 0.717) is 6.04 Å². The first-order chi connectivity index (χ1) is 14.2. The number of hydrogen-bond donors (Lipinski definition) is 0. The number of carbonyl (C=O) groups excluding carboxylic acids is 1. The Morgan fingerprint density at radius 2 is 1.66 bits per heavy atom. The quantitative estimate of drug-likeness (QED) is 0.804. The molecule has 2 fully saturated rings. The number of fused-ring (bicyclic) bond motifs is 2. The summed E-state index contributed by atoms with van der Waals surface area (Å²) in [7, 11) is 0. The molecule has 0 aromatic heterocycles. The van der Waals surface area contributed by atoms with Crippen molar-refractivity contribution in [1.29, 1.82) is 0 Å². The standard InChI is InChI=1S/C24H30N4O/c1-19(26-15-14-25-13-7-10-21(25)18-26)24(29)28-17-16-27(20-8-3-2-4-9-20)22-11-5-6-12-23(22)28/h2-6,8-9,11-12,19,21H,7,10,13-18H2,1H3. The molecular weight excluding hydrogens is 360 g/mol. The van der Waals surface area contributed by atoms with Gasteiger partial charge in [-0.25, -0.2) is 0 Å². The first kappa shape index (κ1) is 18.6. The molecule has 3 aliphatic rings. The average molecular weight is 391 g/mol. The van der Waals surface area contributed by atoms with Crippen LogP contribution in [-0.4, -0.2) is 67.1 Å². The molecule has 152 valence electrons. The summed E-state index contributed by atoms with van der Waals surface area (Å²) in [6.07, 6.45) is 2.58. The van der Waals surface area contributed by atoms with Gasteiger partial charge in [0, 0.05) is 44.5 Å². The highest BCUT2D eigenvalue weighted by molar-refractivity contribution is 6.01. The third-order valence-electron chi connectivity index (χ3n) is 6.87. The zero-order chi connectivity index (χ0) is 19.8. The summed E-state index contributed by atoms with van der Waals surface area (Å²) >= 11 is 0. The minimum Gasteiger partial charge on any atom is -0.338 e. The predicted molar refractivity (Wildman–Crippen MR) is 118 cm³/mol. The van der Waals surface area contributed by atoms with Crippen LogP contribution in [0, 0.1) is 0 Å². The van der Waals surface area contributed by atoms with Gasteiger partial charge >= 0.3 is 0 Å². The molecule has 2 saturated heterocycles. The minimum atomic E-state index is -0.0749. The maximum Gasteiger partial charge on any atom is 0.244 e. The summed E-state index contributed by atoms with van der Waals surface area (Å²) < 4.78 is 0. The van der Waals surface area contributed by atoms with Crippen LogP contribution in [0.2, 0.25) is 0 Å². The van der Waals surface area contributed by atoms with Crippen molar-refractivity contribution in [2.45, 2.75) is 31.8 Å². The van der Waals surface area contributed by atoms with E-state index in [2.05, 4.69) is 64.1 Å². The molecule has 2 aromatic rings. The topological polar surface area (TPSA) is 30.0 Å². The second kappa shape index (κ2) is 7.81. The summed E-state index contributed by atoms with van der Waals surface area (Å²) in [4.78, 5) is 22.9. The lowest BCUT2D eigenvalue weighted by atomic mass is 10.1. The smallest absolute Gasteiger partial charge is 0.244 e. The third-order valence-corrected chi connectivity index (χ3v) is 6.87. The molecule has 3 aliphatic heterocycles. The average Bonchev–Trinajstić information content (AvgIpc) is 3.26. The molecule has 0 saturated carbocycles. The van der Waals surface area contributed by atoms with Crippen molar-refractivity contribution in [3.05, 3.63) is 54.6 Å². The molecule has 1 amide bonds. The normalized spacial score (nSPS) is 23.6. The van der Waals surface area contributed by atoms with Gasteiger partial charge < -0.3 is 9.80 Å². The number of anilines is 3. The molecule has 5 rings (SSSR count). The Balaban J connectivity index is 1.37. The second-order valence-corrected chi connectivity index (χ2v) is 8.47. The molecule has 0 N–H and O–H groups in total. The molecule has 0 bridgehead atoms. The van der Waals surface area contributed by atoms with Gasteiger partial charge in [0.25, 0.3) is 0 Å². The fourth-order valence-corrected chi connectivity index (χ4v) is 5.22. The van der Waals surface area contributed by atoms with E-state index >= 15 is 0 Å². The molecule has 2 unspecified atom stereocenters. The Labute approximate surface area is 173 Å². The Morgan fingerprint density at radius 1 is 0.897 bits per heavy atom. The zero-order valence-electron chi connectivity index (χ0n) is 17.2. The number of para-hydroxylation sites is 3. The van der Waals surface area contributed by atoms with Crippen molar-refractivity contribution < 1.29 is 4.79 Å². The van der Waals surface area contributed by atoms with Crippen LogP contribution in [0.15, 0.2) is 54.6 Å². The van der Waals surface area contributed by atoms with Crippen molar-refractivity contribution in [2.75, 3.05) is 49.1 Å². The minimum absolute atomic E-state index is 0.0749. The fraction of sp³-hybridized carbons (Fsp3) is 0.458. The van der Waals surface area contributed by atoms with Crippen LogP contribution in [-0.2, 0) is 4.79 Å². The van der Waals surface area contributed by atoms with Crippen molar-refractivity contribution in [3.63, 3.8) is 0 Å². The van der Waals surface area contributed by atoms with Gasteiger partial charge in [-0.15, -0.1) is 0 Å². The van der Waals surface area contributed by atoms with Gasteiger partial charge in [-0.1, -0.05) is 30.3 Å². The van der Waals surface area contributed by atoms with E-state index < -0.39 is 0 Å². The van der Waals surface area contributed by atoms with Crippen LogP contribution in [0.4, 0.5) is 17.1 Å². The Kier molecular flexibility index (Phi) is 5.02. The van der Waals surface area contributed by atoms with Gasteiger partial charge in [0.2, 0.25) is 5.91 Å². The van der Waals surface area contributed by atoms with Crippen molar-refractivity contribution in [2.24, 2.45) is 0 Å². The summed E-state index contributed by atoms with van der Waals surface area (Å²) in [5.41, 5.74) is 3.32. The summed E-state index contributed by atoms with van der Waals surface area (Å²) in [5, 5.41) is 0. The number of amides is 1. The molecule has 5 nitrogen and oxygen atoms in total. The van der Waals surface area contributed by atoms with Crippen LogP contribution in [0.5, 0.6) is 0 Å². The van der Waals surface area contributed by atoms with Crippen LogP contribution < -0.4 is 9.80 Å². The first-order valence-corrected chi connectivity index (χ1v) is 10.9. The van der Waals surface area contributed by atoms with Crippen molar-refractivity contribution in [3.8, 4) is 0 Å². The van der Waals surface area contributed by atoms with E-state index in [1.807, 2.05) is 17.0 Å². The number of nitrogens with zero attached hydrogens (tertiary/aromatic N) is 4. The summed E-state index contributed by atoms with van der Waals surface area (Å²) in [6, 6.07) is 19.3. The zero-order valence-corrected chi connectivity index (χ0v) is 17.2. The first-order valence-electron chi connectivity index (χ1n) is 10.9. The lowest BCUT2D eigenvalue weighted by Gasteiger charge is -2.43. The molecule has 0 radical (unpaired) electrons. The van der Waals surface area contributed by atoms with E-state index in [9.17, 15) is 4.79 Å². The molecule has 0 aliphatic carbocycles. The number of rotatable bonds is 3. The number of benzene rings is 2. The Hall–Kier alpha value is -2.37. The van der Waals surface area contributed by atoms with Crippen LogP contribution >= 0.6 is 0 Å². The SMILES string of the molecule is CC(C(=O)N1CCN(c2ccccc2)c2ccccc21)N1CCN2CCCC2C1. The molecule has 2 aromatic carbocycles. The number of hydrogen-bond acceptors (Lipinski definition) is 4. The maximum atomic E-state index is 13.5. The lowest BCUT2D eigenvalue weighted by molar-refractivity contribution is -0.124. The fourth-order valence-electron chi connectivity index (χ4n) is 5.22. The number of carbonyl (C=O) groups is 1. The maximum absolute atomic E-state index is 13.5. The highest BCUT2D eigenvalue weighted by atomic mass is 16.2. The molecule has 3 heterocycles. The predicted octanol–water partition coefficient (Wildman–Crippen LogP) is 3.34. The molecule has 2 atom stereocenters. The van der Waals surface area contributed by atoms with Crippen LogP contribution in [0.3, 0.4) is 0 Å². The van der Waals surface area contributed by atoms with Gasteiger partial charge in [-0.3, -0.25) is 14.6 Å². The highest BCUT2D eigenvalue weighted by Gasteiger charge is 2.37.